The van der Waals surface area contributed by atoms with Crippen LogP contribution in [0.15, 0.2) is 72.8 Å². The zero-order valence-electron chi connectivity index (χ0n) is 21.0. The van der Waals surface area contributed by atoms with E-state index in [1.807, 2.05) is 0 Å². The highest BCUT2D eigenvalue weighted by Gasteiger charge is 2.40. The van der Waals surface area contributed by atoms with Gasteiger partial charge in [-0.1, -0.05) is 23.7 Å². The van der Waals surface area contributed by atoms with E-state index in [1.54, 1.807) is 64.4 Å². The lowest BCUT2D eigenvalue weighted by Gasteiger charge is -2.25. The Bertz CT molecular complexity index is 1270. The molecule has 5 rings (SSSR count). The Morgan fingerprint density at radius 3 is 2.32 bits per heavy atom. The number of urea groups is 1. The molecule has 0 N–H and O–H groups in total. The summed E-state index contributed by atoms with van der Waals surface area (Å²) in [5, 5.41) is 0.602. The highest BCUT2D eigenvalue weighted by Crippen LogP contribution is 2.38. The molecule has 0 aromatic heterocycles. The van der Waals surface area contributed by atoms with Gasteiger partial charge >= 0.3 is 12.2 Å². The number of ether oxygens (including phenoxy) is 1. The van der Waals surface area contributed by atoms with Crippen LogP contribution in [-0.2, 0) is 6.18 Å². The molecule has 0 aliphatic carbocycles. The Hall–Kier alpha value is -3.23. The van der Waals surface area contributed by atoms with E-state index in [4.69, 9.17) is 16.3 Å². The van der Waals surface area contributed by atoms with Crippen molar-refractivity contribution in [3.05, 3.63) is 88.9 Å². The van der Waals surface area contributed by atoms with Crippen molar-refractivity contribution in [1.82, 2.24) is 9.80 Å². The molecular formula is C29H29ClF3N3O2. The van der Waals surface area contributed by atoms with Gasteiger partial charge in [0, 0.05) is 29.8 Å². The Morgan fingerprint density at radius 2 is 1.68 bits per heavy atom. The minimum Gasteiger partial charge on any atom is -0.457 e. The Kier molecular flexibility index (Phi) is 7.54. The minimum absolute atomic E-state index is 0.209. The average molecular weight is 544 g/mol. The van der Waals surface area contributed by atoms with E-state index in [1.165, 1.54) is 6.07 Å². The van der Waals surface area contributed by atoms with E-state index in [0.717, 1.165) is 37.9 Å². The van der Waals surface area contributed by atoms with Crippen LogP contribution in [0.1, 0.15) is 36.4 Å². The van der Waals surface area contributed by atoms with Crippen LogP contribution in [0.3, 0.4) is 0 Å². The van der Waals surface area contributed by atoms with E-state index in [9.17, 15) is 18.0 Å². The van der Waals surface area contributed by atoms with Crippen LogP contribution in [-0.4, -0.2) is 48.6 Å². The molecule has 2 aliphatic rings. The maximum absolute atomic E-state index is 13.6. The highest BCUT2D eigenvalue weighted by atomic mass is 35.5. The maximum atomic E-state index is 13.6. The third-order valence-electron chi connectivity index (χ3n) is 7.35. The van der Waals surface area contributed by atoms with E-state index in [0.29, 0.717) is 46.9 Å². The molecule has 0 spiro atoms. The summed E-state index contributed by atoms with van der Waals surface area (Å²) in [6.07, 6.45) is -1.40. The van der Waals surface area contributed by atoms with Crippen molar-refractivity contribution in [2.24, 2.45) is 0 Å². The monoisotopic (exact) mass is 543 g/mol. The topological polar surface area (TPSA) is 36.0 Å². The molecule has 2 atom stereocenters. The molecule has 2 heterocycles. The summed E-state index contributed by atoms with van der Waals surface area (Å²) >= 11 is 5.94. The summed E-state index contributed by atoms with van der Waals surface area (Å²) in [4.78, 5) is 19.3. The fraction of sp³-hybridized carbons (Fsp3) is 0.345. The van der Waals surface area contributed by atoms with Crippen LogP contribution in [0.5, 0.6) is 11.5 Å². The van der Waals surface area contributed by atoms with Gasteiger partial charge in [0.2, 0.25) is 0 Å². The van der Waals surface area contributed by atoms with Crippen molar-refractivity contribution in [2.75, 3.05) is 31.6 Å². The van der Waals surface area contributed by atoms with Crippen LogP contribution in [0.2, 0.25) is 5.02 Å². The third kappa shape index (κ3) is 5.76. The Labute approximate surface area is 225 Å². The van der Waals surface area contributed by atoms with Crippen molar-refractivity contribution in [3.63, 3.8) is 0 Å². The van der Waals surface area contributed by atoms with Gasteiger partial charge in [-0.3, -0.25) is 4.90 Å². The lowest BCUT2D eigenvalue weighted by atomic mass is 10.0. The number of carbonyl (C=O) groups excluding carboxylic acids is 1. The fourth-order valence-corrected chi connectivity index (χ4v) is 5.40. The number of carbonyl (C=O) groups is 1. The van der Waals surface area contributed by atoms with E-state index in [-0.39, 0.29) is 6.03 Å². The quantitative estimate of drug-likeness (QED) is 0.307. The van der Waals surface area contributed by atoms with Gasteiger partial charge in [0.15, 0.2) is 0 Å². The molecule has 9 heteroatoms. The summed E-state index contributed by atoms with van der Waals surface area (Å²) in [6.45, 7) is 1.92. The molecule has 2 aliphatic heterocycles. The van der Waals surface area contributed by atoms with Crippen LogP contribution in [0, 0.1) is 0 Å². The van der Waals surface area contributed by atoms with Gasteiger partial charge in [0.1, 0.15) is 11.5 Å². The first kappa shape index (κ1) is 26.4. The van der Waals surface area contributed by atoms with Gasteiger partial charge < -0.3 is 14.5 Å². The number of rotatable bonds is 7. The number of amides is 2. The van der Waals surface area contributed by atoms with Crippen LogP contribution in [0.25, 0.3) is 0 Å². The highest BCUT2D eigenvalue weighted by molar-refractivity contribution is 6.30. The predicted molar refractivity (Wildman–Crippen MR) is 142 cm³/mol. The molecule has 3 aromatic rings. The van der Waals surface area contributed by atoms with Crippen molar-refractivity contribution < 1.29 is 22.7 Å². The average Bonchev–Trinajstić information content (AvgIpc) is 3.46. The molecule has 38 heavy (non-hydrogen) atoms. The number of halogens is 4. The molecule has 2 unspecified atom stereocenters. The van der Waals surface area contributed by atoms with Crippen molar-refractivity contribution in [1.29, 1.82) is 0 Å². The molecule has 5 nitrogen and oxygen atoms in total. The SMILES string of the molecule is CN1CCCC1CCN1CC(c2cccc(C(F)(F)F)c2)N(c2ccc(Oc3ccc(Cl)cc3)cc2)C1=O. The minimum atomic E-state index is -4.46. The molecule has 2 amide bonds. The number of benzene rings is 3. The van der Waals surface area contributed by atoms with Crippen LogP contribution in [0.4, 0.5) is 23.7 Å². The number of anilines is 1. The Morgan fingerprint density at radius 1 is 1.00 bits per heavy atom. The smallest absolute Gasteiger partial charge is 0.416 e. The number of likely N-dealkylation sites (tertiary alicyclic amines) is 1. The molecule has 200 valence electrons. The molecule has 0 radical (unpaired) electrons. The number of hydrogen-bond donors (Lipinski definition) is 0. The van der Waals surface area contributed by atoms with Crippen LogP contribution < -0.4 is 9.64 Å². The number of nitrogens with zero attached hydrogens (tertiary/aromatic N) is 3. The van der Waals surface area contributed by atoms with Gasteiger partial charge in [-0.05, 0) is 99.1 Å². The molecule has 2 saturated heterocycles. The van der Waals surface area contributed by atoms with Crippen molar-refractivity contribution in [3.8, 4) is 11.5 Å². The third-order valence-corrected chi connectivity index (χ3v) is 7.60. The first-order valence-electron chi connectivity index (χ1n) is 12.7. The lowest BCUT2D eigenvalue weighted by Crippen LogP contribution is -2.35. The van der Waals surface area contributed by atoms with Gasteiger partial charge in [-0.25, -0.2) is 4.79 Å². The predicted octanol–water partition coefficient (Wildman–Crippen LogP) is 7.62. The fourth-order valence-electron chi connectivity index (χ4n) is 5.27. The van der Waals surface area contributed by atoms with E-state index < -0.39 is 17.8 Å². The molecular weight excluding hydrogens is 515 g/mol. The van der Waals surface area contributed by atoms with Gasteiger partial charge in [-0.2, -0.15) is 13.2 Å². The molecule has 3 aromatic carbocycles. The van der Waals surface area contributed by atoms with Gasteiger partial charge in [0.25, 0.3) is 0 Å². The largest absolute Gasteiger partial charge is 0.457 e. The first-order valence-corrected chi connectivity index (χ1v) is 13.1. The number of alkyl halides is 3. The summed E-state index contributed by atoms with van der Waals surface area (Å²) in [5.41, 5.74) is 0.330. The summed E-state index contributed by atoms with van der Waals surface area (Å²) in [5.74, 6) is 1.18. The second kappa shape index (κ2) is 10.9. The summed E-state index contributed by atoms with van der Waals surface area (Å²) < 4.78 is 46.3. The lowest BCUT2D eigenvalue weighted by molar-refractivity contribution is -0.137. The van der Waals surface area contributed by atoms with E-state index in [2.05, 4.69) is 11.9 Å². The summed E-state index contributed by atoms with van der Waals surface area (Å²) in [6, 6.07) is 18.9. The first-order chi connectivity index (χ1) is 18.2. The van der Waals surface area contributed by atoms with E-state index >= 15 is 0 Å². The second-order valence-corrected chi connectivity index (χ2v) is 10.3. The zero-order chi connectivity index (χ0) is 26.9. The molecule has 0 saturated carbocycles. The zero-order valence-corrected chi connectivity index (χ0v) is 21.8. The van der Waals surface area contributed by atoms with Gasteiger partial charge in [-0.15, -0.1) is 0 Å². The molecule has 0 bridgehead atoms. The van der Waals surface area contributed by atoms with Crippen molar-refractivity contribution in [2.45, 2.75) is 37.5 Å². The van der Waals surface area contributed by atoms with Gasteiger partial charge in [0.05, 0.1) is 11.6 Å². The van der Waals surface area contributed by atoms with Crippen LogP contribution >= 0.6 is 11.6 Å². The normalized spacial score (nSPS) is 20.4. The van der Waals surface area contributed by atoms with Crippen molar-refractivity contribution >= 4 is 23.3 Å². The molecule has 2 fully saturated rings. The summed E-state index contributed by atoms with van der Waals surface area (Å²) in [7, 11) is 2.09. The maximum Gasteiger partial charge on any atom is 0.416 e. The second-order valence-electron chi connectivity index (χ2n) is 9.85. The Balaban J connectivity index is 1.40. The number of hydrogen-bond acceptors (Lipinski definition) is 3. The standard InChI is InChI=1S/C29H29ClF3N3O2/c1-34-16-3-6-23(34)15-17-35-19-27(20-4-2-5-21(18-20)29(31,32)33)36(28(35)37)24-9-13-26(14-10-24)38-25-11-7-22(30)8-12-25/h2,4-5,7-14,18,23,27H,3,6,15-17,19H2,1H3.